The van der Waals surface area contributed by atoms with Crippen LogP contribution >= 0.6 is 0 Å². The SMILES string of the molecule is CC(C)(C)Cc1ncc2ccnc(N)c2n1. The molecule has 0 radical (unpaired) electrons. The van der Waals surface area contributed by atoms with E-state index in [2.05, 4.69) is 35.7 Å². The molecule has 0 aliphatic carbocycles. The smallest absolute Gasteiger partial charge is 0.150 e. The number of nitrogens with zero attached hydrogens (tertiary/aromatic N) is 3. The van der Waals surface area contributed by atoms with Crippen LogP contribution < -0.4 is 5.73 Å². The zero-order valence-corrected chi connectivity index (χ0v) is 9.86. The van der Waals surface area contributed by atoms with Crippen molar-refractivity contribution in [3.05, 3.63) is 24.3 Å². The number of rotatable bonds is 1. The Balaban J connectivity index is 2.47. The van der Waals surface area contributed by atoms with Crippen LogP contribution in [0.15, 0.2) is 18.5 Å². The largest absolute Gasteiger partial charge is 0.382 e. The third kappa shape index (κ3) is 2.27. The molecule has 4 nitrogen and oxygen atoms in total. The molecule has 0 saturated heterocycles. The lowest BCUT2D eigenvalue weighted by Crippen LogP contribution is -2.12. The van der Waals surface area contributed by atoms with E-state index in [0.29, 0.717) is 5.82 Å². The van der Waals surface area contributed by atoms with Crippen LogP contribution in [0.25, 0.3) is 10.9 Å². The molecular formula is C12H16N4. The van der Waals surface area contributed by atoms with Gasteiger partial charge in [-0.25, -0.2) is 15.0 Å². The van der Waals surface area contributed by atoms with Crippen LogP contribution in [0.1, 0.15) is 26.6 Å². The fourth-order valence-corrected chi connectivity index (χ4v) is 1.57. The van der Waals surface area contributed by atoms with Gasteiger partial charge in [0.2, 0.25) is 0 Å². The molecule has 0 bridgehead atoms. The molecule has 0 aromatic carbocycles. The molecule has 0 amide bonds. The van der Waals surface area contributed by atoms with Crippen LogP contribution in [-0.2, 0) is 6.42 Å². The van der Waals surface area contributed by atoms with E-state index in [4.69, 9.17) is 5.73 Å². The first kappa shape index (κ1) is 10.8. The van der Waals surface area contributed by atoms with Crippen molar-refractivity contribution in [1.29, 1.82) is 0 Å². The van der Waals surface area contributed by atoms with E-state index in [9.17, 15) is 0 Å². The summed E-state index contributed by atoms with van der Waals surface area (Å²) in [7, 11) is 0. The van der Waals surface area contributed by atoms with E-state index in [-0.39, 0.29) is 5.41 Å². The minimum atomic E-state index is 0.171. The molecule has 4 heteroatoms. The predicted molar refractivity (Wildman–Crippen MR) is 64.9 cm³/mol. The zero-order chi connectivity index (χ0) is 11.8. The number of aromatic nitrogens is 3. The minimum Gasteiger partial charge on any atom is -0.382 e. The van der Waals surface area contributed by atoms with Gasteiger partial charge in [-0.05, 0) is 11.5 Å². The van der Waals surface area contributed by atoms with Gasteiger partial charge in [-0.3, -0.25) is 0 Å². The van der Waals surface area contributed by atoms with E-state index >= 15 is 0 Å². The molecule has 84 valence electrons. The van der Waals surface area contributed by atoms with Crippen LogP contribution in [0.2, 0.25) is 0 Å². The van der Waals surface area contributed by atoms with Crippen LogP contribution in [0.5, 0.6) is 0 Å². The number of hydrogen-bond donors (Lipinski definition) is 1. The standard InChI is InChI=1S/C12H16N4/c1-12(2,3)6-9-15-7-8-4-5-14-11(13)10(8)16-9/h4-5,7H,6H2,1-3H3,(H2,13,14). The first-order chi connectivity index (χ1) is 7.46. The van der Waals surface area contributed by atoms with Gasteiger partial charge in [-0.15, -0.1) is 0 Å². The third-order valence-electron chi connectivity index (χ3n) is 2.27. The van der Waals surface area contributed by atoms with Crippen molar-refractivity contribution in [2.24, 2.45) is 5.41 Å². The van der Waals surface area contributed by atoms with E-state index in [1.807, 2.05) is 6.07 Å². The van der Waals surface area contributed by atoms with Gasteiger partial charge in [-0.1, -0.05) is 20.8 Å². The first-order valence-electron chi connectivity index (χ1n) is 5.32. The summed E-state index contributed by atoms with van der Waals surface area (Å²) in [5, 5.41) is 0.935. The maximum Gasteiger partial charge on any atom is 0.150 e. The Kier molecular flexibility index (Phi) is 2.50. The Morgan fingerprint density at radius 2 is 2.00 bits per heavy atom. The number of pyridine rings is 1. The molecule has 0 fully saturated rings. The van der Waals surface area contributed by atoms with Gasteiger partial charge in [0.1, 0.15) is 17.2 Å². The highest BCUT2D eigenvalue weighted by atomic mass is 14.9. The molecule has 0 saturated carbocycles. The van der Waals surface area contributed by atoms with E-state index in [1.165, 1.54) is 0 Å². The highest BCUT2D eigenvalue weighted by Gasteiger charge is 2.14. The summed E-state index contributed by atoms with van der Waals surface area (Å²) in [5.74, 6) is 1.29. The quantitative estimate of drug-likeness (QED) is 0.793. The molecule has 16 heavy (non-hydrogen) atoms. The Morgan fingerprint density at radius 3 is 2.69 bits per heavy atom. The Hall–Kier alpha value is -1.71. The number of nitrogen functional groups attached to an aromatic ring is 1. The summed E-state index contributed by atoms with van der Waals surface area (Å²) in [6.45, 7) is 6.48. The second-order valence-electron chi connectivity index (χ2n) is 5.16. The maximum atomic E-state index is 5.79. The van der Waals surface area contributed by atoms with Gasteiger partial charge in [0, 0.05) is 24.2 Å². The predicted octanol–water partition coefficient (Wildman–Crippen LogP) is 2.20. The lowest BCUT2D eigenvalue weighted by molar-refractivity contribution is 0.401. The normalized spacial score (nSPS) is 11.9. The molecule has 0 unspecified atom stereocenters. The molecule has 2 rings (SSSR count). The van der Waals surface area contributed by atoms with Gasteiger partial charge >= 0.3 is 0 Å². The van der Waals surface area contributed by atoms with Crippen molar-refractivity contribution in [2.45, 2.75) is 27.2 Å². The molecule has 0 atom stereocenters. The average molecular weight is 216 g/mol. The summed E-state index contributed by atoms with van der Waals surface area (Å²) >= 11 is 0. The Bertz CT molecular complexity index is 514. The van der Waals surface area contributed by atoms with Crippen molar-refractivity contribution in [3.63, 3.8) is 0 Å². The van der Waals surface area contributed by atoms with Gasteiger partial charge < -0.3 is 5.73 Å². The van der Waals surface area contributed by atoms with Crippen molar-refractivity contribution < 1.29 is 0 Å². The fourth-order valence-electron chi connectivity index (χ4n) is 1.57. The summed E-state index contributed by atoms with van der Waals surface area (Å²) in [4.78, 5) is 12.8. The second kappa shape index (κ2) is 3.70. The Morgan fingerprint density at radius 1 is 1.25 bits per heavy atom. The van der Waals surface area contributed by atoms with Crippen molar-refractivity contribution in [1.82, 2.24) is 15.0 Å². The second-order valence-corrected chi connectivity index (χ2v) is 5.16. The van der Waals surface area contributed by atoms with E-state index in [1.54, 1.807) is 12.4 Å². The van der Waals surface area contributed by atoms with Gasteiger partial charge in [-0.2, -0.15) is 0 Å². The average Bonchev–Trinajstić information content (AvgIpc) is 2.17. The molecule has 2 N–H and O–H groups in total. The summed E-state index contributed by atoms with van der Waals surface area (Å²) < 4.78 is 0. The molecule has 0 spiro atoms. The van der Waals surface area contributed by atoms with Crippen molar-refractivity contribution >= 4 is 16.7 Å². The minimum absolute atomic E-state index is 0.171. The van der Waals surface area contributed by atoms with Crippen molar-refractivity contribution in [2.75, 3.05) is 5.73 Å². The molecular weight excluding hydrogens is 200 g/mol. The summed E-state index contributed by atoms with van der Waals surface area (Å²) in [6, 6.07) is 1.87. The van der Waals surface area contributed by atoms with Crippen molar-refractivity contribution in [3.8, 4) is 0 Å². The topological polar surface area (TPSA) is 64.7 Å². The number of anilines is 1. The number of hydrogen-bond acceptors (Lipinski definition) is 4. The van der Waals surface area contributed by atoms with E-state index in [0.717, 1.165) is 23.1 Å². The Labute approximate surface area is 94.9 Å². The van der Waals surface area contributed by atoms with Gasteiger partial charge in [0.25, 0.3) is 0 Å². The lowest BCUT2D eigenvalue weighted by atomic mass is 9.92. The molecule has 0 aliphatic heterocycles. The summed E-state index contributed by atoms with van der Waals surface area (Å²) in [6.07, 6.45) is 4.31. The fraction of sp³-hybridized carbons (Fsp3) is 0.417. The van der Waals surface area contributed by atoms with Crippen LogP contribution in [0, 0.1) is 5.41 Å². The van der Waals surface area contributed by atoms with E-state index < -0.39 is 0 Å². The highest BCUT2D eigenvalue weighted by molar-refractivity contribution is 5.86. The van der Waals surface area contributed by atoms with Crippen LogP contribution in [0.4, 0.5) is 5.82 Å². The van der Waals surface area contributed by atoms with Crippen LogP contribution in [-0.4, -0.2) is 15.0 Å². The van der Waals surface area contributed by atoms with Gasteiger partial charge in [0.05, 0.1) is 0 Å². The third-order valence-corrected chi connectivity index (χ3v) is 2.27. The first-order valence-corrected chi connectivity index (χ1v) is 5.32. The molecule has 0 aliphatic rings. The molecule has 2 heterocycles. The zero-order valence-electron chi connectivity index (χ0n) is 9.86. The lowest BCUT2D eigenvalue weighted by Gasteiger charge is -2.16. The highest BCUT2D eigenvalue weighted by Crippen LogP contribution is 2.21. The molecule has 2 aromatic rings. The van der Waals surface area contributed by atoms with Gasteiger partial charge in [0.15, 0.2) is 0 Å². The summed E-state index contributed by atoms with van der Waals surface area (Å²) in [5.41, 5.74) is 6.71. The number of fused-ring (bicyclic) bond motifs is 1. The van der Waals surface area contributed by atoms with Crippen LogP contribution in [0.3, 0.4) is 0 Å². The maximum absolute atomic E-state index is 5.79. The molecule has 2 aromatic heterocycles. The monoisotopic (exact) mass is 216 g/mol. The number of nitrogens with two attached hydrogens (primary N) is 1.